The number of aryl methyl sites for hydroxylation is 1. The Morgan fingerprint density at radius 3 is 2.09 bits per heavy atom. The highest BCUT2D eigenvalue weighted by molar-refractivity contribution is 5.99. The first-order valence-electron chi connectivity index (χ1n) is 12.2. The molecule has 2 aromatic rings. The van der Waals surface area contributed by atoms with Crippen LogP contribution in [0.4, 0.5) is 16.2 Å². The van der Waals surface area contributed by atoms with Crippen molar-refractivity contribution in [2.24, 2.45) is 0 Å². The molecule has 2 rings (SSSR count). The number of nitrogens with one attached hydrogen (secondary N) is 2. The lowest BCUT2D eigenvalue weighted by Gasteiger charge is -2.09. The van der Waals surface area contributed by atoms with E-state index in [4.69, 9.17) is 4.74 Å². The van der Waals surface area contributed by atoms with Gasteiger partial charge in [-0.3, -0.25) is 10.1 Å². The largest absolute Gasteiger partial charge is 0.417 e. The molecule has 0 heterocycles. The summed E-state index contributed by atoms with van der Waals surface area (Å²) in [4.78, 5) is 23.6. The van der Waals surface area contributed by atoms with Gasteiger partial charge in [-0.25, -0.2) is 4.79 Å². The summed E-state index contributed by atoms with van der Waals surface area (Å²) in [6.07, 6.45) is 15.0. The van der Waals surface area contributed by atoms with Crippen molar-refractivity contribution < 1.29 is 14.3 Å². The third kappa shape index (κ3) is 11.4. The molecule has 0 atom stereocenters. The number of unbranched alkanes of at least 4 members (excludes halogenated alkanes) is 9. The molecule has 2 amide bonds. The van der Waals surface area contributed by atoms with Crippen molar-refractivity contribution in [1.29, 1.82) is 0 Å². The van der Waals surface area contributed by atoms with Crippen LogP contribution >= 0.6 is 0 Å². The van der Waals surface area contributed by atoms with Crippen molar-refractivity contribution in [1.82, 2.24) is 0 Å². The molecular weight excluding hydrogens is 412 g/mol. The minimum Gasteiger partial charge on any atom is -0.410 e. The van der Waals surface area contributed by atoms with Crippen molar-refractivity contribution in [2.75, 3.05) is 10.6 Å². The average Bonchev–Trinajstić information content (AvgIpc) is 2.81. The number of benzene rings is 2. The van der Waals surface area contributed by atoms with Crippen LogP contribution < -0.4 is 15.4 Å². The summed E-state index contributed by atoms with van der Waals surface area (Å²) < 4.78 is 5.32. The molecule has 33 heavy (non-hydrogen) atoms. The molecule has 2 N–H and O–H groups in total. The Balaban J connectivity index is 1.64. The van der Waals surface area contributed by atoms with Crippen molar-refractivity contribution in [3.8, 4) is 5.75 Å². The van der Waals surface area contributed by atoms with Gasteiger partial charge in [0.2, 0.25) is 5.91 Å². The standard InChI is InChI=1S/C28H38N2O3/c1-3-5-6-7-8-9-10-11-12-13-15-23-18-20-24(21-19-23)30-28(32)33-26-17-14-16-25(22-26)29-27(31)4-2/h4,14,16-22H,2-3,5-13,15H2,1H3,(H,29,31)(H,30,32). The number of hydrogen-bond donors (Lipinski definition) is 2. The Labute approximate surface area is 198 Å². The zero-order valence-electron chi connectivity index (χ0n) is 19.9. The zero-order chi connectivity index (χ0) is 23.7. The number of rotatable bonds is 15. The molecule has 178 valence electrons. The minimum absolute atomic E-state index is 0.325. The Morgan fingerprint density at radius 1 is 0.818 bits per heavy atom. The van der Waals surface area contributed by atoms with E-state index in [1.165, 1.54) is 75.8 Å². The van der Waals surface area contributed by atoms with Gasteiger partial charge in [-0.2, -0.15) is 0 Å². The maximum absolute atomic E-state index is 12.2. The quantitative estimate of drug-likeness (QED) is 0.214. The molecule has 0 saturated heterocycles. The van der Waals surface area contributed by atoms with Gasteiger partial charge in [0, 0.05) is 17.4 Å². The molecule has 0 fully saturated rings. The summed E-state index contributed by atoms with van der Waals surface area (Å²) in [6, 6.07) is 14.5. The van der Waals surface area contributed by atoms with Crippen molar-refractivity contribution in [3.05, 3.63) is 66.7 Å². The average molecular weight is 451 g/mol. The fourth-order valence-electron chi connectivity index (χ4n) is 3.65. The molecule has 2 aromatic carbocycles. The van der Waals surface area contributed by atoms with Crippen LogP contribution in [0.5, 0.6) is 5.75 Å². The molecule has 5 nitrogen and oxygen atoms in total. The topological polar surface area (TPSA) is 67.4 Å². The van der Waals surface area contributed by atoms with E-state index in [-0.39, 0.29) is 5.91 Å². The van der Waals surface area contributed by atoms with E-state index >= 15 is 0 Å². The SMILES string of the molecule is C=CC(=O)Nc1cccc(OC(=O)Nc2ccc(CCCCCCCCCCCC)cc2)c1. The molecule has 0 aromatic heterocycles. The van der Waals surface area contributed by atoms with Crippen LogP contribution in [-0.4, -0.2) is 12.0 Å². The first kappa shape index (κ1) is 26.2. The van der Waals surface area contributed by atoms with Gasteiger partial charge in [-0.1, -0.05) is 89.5 Å². The summed E-state index contributed by atoms with van der Waals surface area (Å²) >= 11 is 0. The predicted molar refractivity (Wildman–Crippen MR) is 137 cm³/mol. The lowest BCUT2D eigenvalue weighted by Crippen LogP contribution is -2.17. The fraction of sp³-hybridized carbons (Fsp3) is 0.429. The lowest BCUT2D eigenvalue weighted by atomic mass is 10.0. The second-order valence-corrected chi connectivity index (χ2v) is 8.36. The molecule has 5 heteroatoms. The Bertz CT molecular complexity index is 862. The van der Waals surface area contributed by atoms with Crippen molar-refractivity contribution in [2.45, 2.75) is 77.6 Å². The fourth-order valence-corrected chi connectivity index (χ4v) is 3.65. The van der Waals surface area contributed by atoms with Crippen LogP contribution in [0.25, 0.3) is 0 Å². The Hall–Kier alpha value is -3.08. The van der Waals surface area contributed by atoms with Gasteiger partial charge in [0.25, 0.3) is 0 Å². The highest BCUT2D eigenvalue weighted by Gasteiger charge is 2.07. The number of ether oxygens (including phenoxy) is 1. The van der Waals surface area contributed by atoms with E-state index in [1.54, 1.807) is 24.3 Å². The third-order valence-electron chi connectivity index (χ3n) is 5.52. The van der Waals surface area contributed by atoms with E-state index in [2.05, 4.69) is 36.3 Å². The second-order valence-electron chi connectivity index (χ2n) is 8.36. The summed E-state index contributed by atoms with van der Waals surface area (Å²) in [7, 11) is 0. The summed E-state index contributed by atoms with van der Waals surface area (Å²) in [5.74, 6) is 0.0152. The van der Waals surface area contributed by atoms with Crippen LogP contribution in [0.2, 0.25) is 0 Å². The number of anilines is 2. The highest BCUT2D eigenvalue weighted by Crippen LogP contribution is 2.19. The van der Waals surface area contributed by atoms with Gasteiger partial charge in [-0.05, 0) is 48.7 Å². The molecule has 0 radical (unpaired) electrons. The van der Waals surface area contributed by atoms with Crippen LogP contribution in [0.15, 0.2) is 61.2 Å². The Morgan fingerprint density at radius 2 is 1.45 bits per heavy atom. The first-order chi connectivity index (χ1) is 16.1. The normalized spacial score (nSPS) is 10.5. The van der Waals surface area contributed by atoms with E-state index in [1.807, 2.05) is 12.1 Å². The van der Waals surface area contributed by atoms with Gasteiger partial charge in [0.15, 0.2) is 0 Å². The van der Waals surface area contributed by atoms with Crippen LogP contribution in [0.3, 0.4) is 0 Å². The maximum atomic E-state index is 12.2. The molecule has 0 spiro atoms. The summed E-state index contributed by atoms with van der Waals surface area (Å²) in [5, 5.41) is 5.37. The van der Waals surface area contributed by atoms with Gasteiger partial charge >= 0.3 is 6.09 Å². The zero-order valence-corrected chi connectivity index (χ0v) is 19.9. The third-order valence-corrected chi connectivity index (χ3v) is 5.52. The van der Waals surface area contributed by atoms with Crippen LogP contribution in [0, 0.1) is 0 Å². The molecule has 0 saturated carbocycles. The molecule has 0 aliphatic heterocycles. The van der Waals surface area contributed by atoms with Crippen molar-refractivity contribution >= 4 is 23.4 Å². The number of hydrogen-bond acceptors (Lipinski definition) is 3. The monoisotopic (exact) mass is 450 g/mol. The highest BCUT2D eigenvalue weighted by atomic mass is 16.6. The molecular formula is C28H38N2O3. The van der Waals surface area contributed by atoms with Gasteiger partial charge in [0.1, 0.15) is 5.75 Å². The van der Waals surface area contributed by atoms with Crippen molar-refractivity contribution in [3.63, 3.8) is 0 Å². The number of amides is 2. The predicted octanol–water partition coefficient (Wildman–Crippen LogP) is 7.89. The van der Waals surface area contributed by atoms with Crippen LogP contribution in [-0.2, 0) is 11.2 Å². The second kappa shape index (κ2) is 15.7. The molecule has 0 aliphatic rings. The molecule has 0 bridgehead atoms. The molecule has 0 aliphatic carbocycles. The summed E-state index contributed by atoms with van der Waals surface area (Å²) in [6.45, 7) is 5.67. The van der Waals surface area contributed by atoms with Gasteiger partial charge in [-0.15, -0.1) is 0 Å². The smallest absolute Gasteiger partial charge is 0.410 e. The van der Waals surface area contributed by atoms with E-state index in [0.717, 1.165) is 6.42 Å². The number of carbonyl (C=O) groups excluding carboxylic acids is 2. The van der Waals surface area contributed by atoms with E-state index < -0.39 is 6.09 Å². The van der Waals surface area contributed by atoms with Crippen LogP contribution in [0.1, 0.15) is 76.7 Å². The Kier molecular flexibility index (Phi) is 12.4. The molecule has 0 unspecified atom stereocenters. The lowest BCUT2D eigenvalue weighted by molar-refractivity contribution is -0.111. The van der Waals surface area contributed by atoms with Gasteiger partial charge < -0.3 is 10.1 Å². The van der Waals surface area contributed by atoms with E-state index in [0.29, 0.717) is 17.1 Å². The van der Waals surface area contributed by atoms with E-state index in [9.17, 15) is 9.59 Å². The maximum Gasteiger partial charge on any atom is 0.417 e. The van der Waals surface area contributed by atoms with Gasteiger partial charge in [0.05, 0.1) is 0 Å². The minimum atomic E-state index is -0.579. The first-order valence-corrected chi connectivity index (χ1v) is 12.2. The summed E-state index contributed by atoms with van der Waals surface area (Å²) in [5.41, 5.74) is 2.49. The number of carbonyl (C=O) groups is 2.